The van der Waals surface area contributed by atoms with Crippen molar-refractivity contribution in [3.05, 3.63) is 29.3 Å². The number of halogens is 1. The molecule has 2 N–H and O–H groups in total. The maximum absolute atomic E-state index is 11.9. The van der Waals surface area contributed by atoms with Crippen molar-refractivity contribution in [2.45, 2.75) is 25.8 Å². The molecular formula is C15H21ClN2O2. The molecule has 2 atom stereocenters. The molecule has 1 saturated heterocycles. The highest BCUT2D eigenvalue weighted by Gasteiger charge is 2.25. The van der Waals surface area contributed by atoms with Gasteiger partial charge in [-0.05, 0) is 31.9 Å². The monoisotopic (exact) mass is 296 g/mol. The van der Waals surface area contributed by atoms with Crippen LogP contribution in [0.2, 0.25) is 5.02 Å². The third kappa shape index (κ3) is 3.87. The highest BCUT2D eigenvalue weighted by molar-refractivity contribution is 6.32. The topological polar surface area (TPSA) is 55.6 Å². The molecule has 0 bridgehead atoms. The molecule has 1 aromatic carbocycles. The minimum Gasteiger partial charge on any atom is -0.492 e. The SMILES string of the molecule is C[C@H](N)C(=O)N1CCC[C@H](COc2ccccc2Cl)C1. The zero-order chi connectivity index (χ0) is 14.5. The van der Waals surface area contributed by atoms with Gasteiger partial charge >= 0.3 is 0 Å². The Morgan fingerprint density at radius 2 is 2.30 bits per heavy atom. The van der Waals surface area contributed by atoms with Crippen molar-refractivity contribution in [1.29, 1.82) is 0 Å². The number of rotatable bonds is 4. The lowest BCUT2D eigenvalue weighted by Gasteiger charge is -2.33. The number of ether oxygens (including phenoxy) is 1. The fourth-order valence-corrected chi connectivity index (χ4v) is 2.65. The van der Waals surface area contributed by atoms with Crippen LogP contribution in [0.1, 0.15) is 19.8 Å². The number of carbonyl (C=O) groups excluding carboxylic acids is 1. The van der Waals surface area contributed by atoms with E-state index in [4.69, 9.17) is 22.1 Å². The number of nitrogens with zero attached hydrogens (tertiary/aromatic N) is 1. The molecule has 0 unspecified atom stereocenters. The second-order valence-corrected chi connectivity index (χ2v) is 5.73. The molecular weight excluding hydrogens is 276 g/mol. The first kappa shape index (κ1) is 15.1. The van der Waals surface area contributed by atoms with Gasteiger partial charge in [0.05, 0.1) is 17.7 Å². The summed E-state index contributed by atoms with van der Waals surface area (Å²) < 4.78 is 5.76. The highest BCUT2D eigenvalue weighted by Crippen LogP contribution is 2.25. The van der Waals surface area contributed by atoms with E-state index in [1.807, 2.05) is 29.2 Å². The van der Waals surface area contributed by atoms with Gasteiger partial charge in [-0.15, -0.1) is 0 Å². The minimum absolute atomic E-state index is 0.0208. The zero-order valence-electron chi connectivity index (χ0n) is 11.7. The Bertz CT molecular complexity index is 465. The zero-order valence-corrected chi connectivity index (χ0v) is 12.5. The number of hydrogen-bond acceptors (Lipinski definition) is 3. The number of amides is 1. The Kier molecular flexibility index (Phi) is 5.26. The van der Waals surface area contributed by atoms with Crippen LogP contribution in [0.15, 0.2) is 24.3 Å². The molecule has 1 amide bonds. The van der Waals surface area contributed by atoms with Crippen molar-refractivity contribution in [1.82, 2.24) is 4.90 Å². The normalized spacial score (nSPS) is 20.6. The summed E-state index contributed by atoms with van der Waals surface area (Å²) in [5.41, 5.74) is 5.66. The molecule has 1 aliphatic heterocycles. The quantitative estimate of drug-likeness (QED) is 0.927. The number of carbonyl (C=O) groups is 1. The van der Waals surface area contributed by atoms with Gasteiger partial charge in [0.25, 0.3) is 0 Å². The standard InChI is InChI=1S/C15H21ClN2O2/c1-11(17)15(19)18-8-4-5-12(9-18)10-20-14-7-3-2-6-13(14)16/h2-3,6-7,11-12H,4-5,8-10,17H2,1H3/t11-,12-/m0/s1. The molecule has 2 rings (SSSR count). The number of likely N-dealkylation sites (tertiary alicyclic amines) is 1. The summed E-state index contributed by atoms with van der Waals surface area (Å²) in [6.45, 7) is 3.81. The van der Waals surface area contributed by atoms with Gasteiger partial charge in [-0.3, -0.25) is 4.79 Å². The van der Waals surface area contributed by atoms with Crippen molar-refractivity contribution < 1.29 is 9.53 Å². The molecule has 1 heterocycles. The van der Waals surface area contributed by atoms with Crippen molar-refractivity contribution in [2.24, 2.45) is 11.7 Å². The lowest BCUT2D eigenvalue weighted by Crippen LogP contribution is -2.47. The summed E-state index contributed by atoms with van der Waals surface area (Å²) in [6.07, 6.45) is 2.06. The van der Waals surface area contributed by atoms with Crippen molar-refractivity contribution >= 4 is 17.5 Å². The summed E-state index contributed by atoms with van der Waals surface area (Å²) in [7, 11) is 0. The molecule has 0 radical (unpaired) electrons. The molecule has 4 nitrogen and oxygen atoms in total. The number of piperidine rings is 1. The van der Waals surface area contributed by atoms with Crippen LogP contribution in [0.25, 0.3) is 0 Å². The maximum Gasteiger partial charge on any atom is 0.239 e. The van der Waals surface area contributed by atoms with Crippen LogP contribution in [0.5, 0.6) is 5.75 Å². The van der Waals surface area contributed by atoms with E-state index in [0.29, 0.717) is 29.8 Å². The van der Waals surface area contributed by atoms with Crippen LogP contribution in [0.4, 0.5) is 0 Å². The Labute approximate surface area is 124 Å². The summed E-state index contributed by atoms with van der Waals surface area (Å²) in [4.78, 5) is 13.8. The van der Waals surface area contributed by atoms with Crippen LogP contribution < -0.4 is 10.5 Å². The van der Waals surface area contributed by atoms with Crippen LogP contribution in [-0.4, -0.2) is 36.5 Å². The van der Waals surface area contributed by atoms with Crippen LogP contribution in [-0.2, 0) is 4.79 Å². The summed E-state index contributed by atoms with van der Waals surface area (Å²) >= 11 is 6.06. The fourth-order valence-electron chi connectivity index (χ4n) is 2.46. The third-order valence-electron chi connectivity index (χ3n) is 3.53. The van der Waals surface area contributed by atoms with E-state index in [0.717, 1.165) is 19.4 Å². The second kappa shape index (κ2) is 6.95. The first-order valence-electron chi connectivity index (χ1n) is 6.99. The van der Waals surface area contributed by atoms with Crippen LogP contribution >= 0.6 is 11.6 Å². The number of para-hydroxylation sites is 1. The van der Waals surface area contributed by atoms with Gasteiger partial charge in [0, 0.05) is 19.0 Å². The predicted octanol–water partition coefficient (Wildman–Crippen LogP) is 2.30. The van der Waals surface area contributed by atoms with E-state index in [1.165, 1.54) is 0 Å². The summed E-state index contributed by atoms with van der Waals surface area (Å²) in [5.74, 6) is 1.06. The van der Waals surface area contributed by atoms with Gasteiger partial charge in [-0.25, -0.2) is 0 Å². The van der Waals surface area contributed by atoms with E-state index in [-0.39, 0.29) is 5.91 Å². The number of hydrogen-bond donors (Lipinski definition) is 1. The molecule has 1 aromatic rings. The highest BCUT2D eigenvalue weighted by atomic mass is 35.5. The Hall–Kier alpha value is -1.26. The Morgan fingerprint density at radius 1 is 1.55 bits per heavy atom. The van der Waals surface area contributed by atoms with E-state index in [2.05, 4.69) is 0 Å². The molecule has 20 heavy (non-hydrogen) atoms. The van der Waals surface area contributed by atoms with E-state index < -0.39 is 6.04 Å². The largest absolute Gasteiger partial charge is 0.492 e. The molecule has 5 heteroatoms. The van der Waals surface area contributed by atoms with Gasteiger partial charge in [-0.1, -0.05) is 23.7 Å². The van der Waals surface area contributed by atoms with Crippen LogP contribution in [0, 0.1) is 5.92 Å². The second-order valence-electron chi connectivity index (χ2n) is 5.32. The van der Waals surface area contributed by atoms with Crippen molar-refractivity contribution in [3.8, 4) is 5.75 Å². The molecule has 0 spiro atoms. The van der Waals surface area contributed by atoms with Crippen molar-refractivity contribution in [2.75, 3.05) is 19.7 Å². The predicted molar refractivity (Wildman–Crippen MR) is 79.9 cm³/mol. The van der Waals surface area contributed by atoms with Gasteiger partial charge in [0.2, 0.25) is 5.91 Å². The van der Waals surface area contributed by atoms with Gasteiger partial charge in [0.15, 0.2) is 0 Å². The number of nitrogens with two attached hydrogens (primary N) is 1. The fraction of sp³-hybridized carbons (Fsp3) is 0.533. The molecule has 0 aliphatic carbocycles. The molecule has 1 fully saturated rings. The molecule has 0 saturated carbocycles. The Balaban J connectivity index is 1.87. The summed E-state index contributed by atoms with van der Waals surface area (Å²) in [6, 6.07) is 7.00. The average Bonchev–Trinajstić information content (AvgIpc) is 2.46. The first-order valence-corrected chi connectivity index (χ1v) is 7.37. The molecule has 0 aromatic heterocycles. The lowest BCUT2D eigenvalue weighted by atomic mass is 9.98. The third-order valence-corrected chi connectivity index (χ3v) is 3.84. The lowest BCUT2D eigenvalue weighted by molar-refractivity contribution is -0.134. The maximum atomic E-state index is 11.9. The van der Waals surface area contributed by atoms with Gasteiger partial charge in [-0.2, -0.15) is 0 Å². The molecule has 110 valence electrons. The van der Waals surface area contributed by atoms with E-state index >= 15 is 0 Å². The van der Waals surface area contributed by atoms with Crippen molar-refractivity contribution in [3.63, 3.8) is 0 Å². The van der Waals surface area contributed by atoms with Gasteiger partial charge < -0.3 is 15.4 Å². The minimum atomic E-state index is -0.432. The van der Waals surface area contributed by atoms with Crippen LogP contribution in [0.3, 0.4) is 0 Å². The Morgan fingerprint density at radius 3 is 3.00 bits per heavy atom. The van der Waals surface area contributed by atoms with Gasteiger partial charge in [0.1, 0.15) is 5.75 Å². The smallest absolute Gasteiger partial charge is 0.239 e. The van der Waals surface area contributed by atoms with E-state index in [1.54, 1.807) is 6.92 Å². The molecule has 1 aliphatic rings. The average molecular weight is 297 g/mol. The summed E-state index contributed by atoms with van der Waals surface area (Å²) in [5, 5.41) is 0.617. The number of benzene rings is 1. The first-order chi connectivity index (χ1) is 9.58. The van der Waals surface area contributed by atoms with E-state index in [9.17, 15) is 4.79 Å².